The van der Waals surface area contributed by atoms with Crippen LogP contribution in [-0.2, 0) is 12.5 Å². The zero-order valence-corrected chi connectivity index (χ0v) is 18.4. The highest BCUT2D eigenvalue weighted by Gasteiger charge is 2.37. The molecule has 0 spiro atoms. The number of hydrogen-bond acceptors (Lipinski definition) is 2. The number of allylic oxidation sites excluding steroid dienone is 1. The Morgan fingerprint density at radius 1 is 0.806 bits per heavy atom. The zero-order chi connectivity index (χ0) is 26.5. The molecule has 10 heteroatoms. The quantitative estimate of drug-likeness (QED) is 0.199. The average molecular weight is 514 g/mol. The monoisotopic (exact) mass is 514 g/mol. The van der Waals surface area contributed by atoms with Gasteiger partial charge >= 0.3 is 12.2 Å². The molecule has 0 amide bonds. The molecule has 2 nitrogen and oxygen atoms in total. The van der Waals surface area contributed by atoms with Gasteiger partial charge < -0.3 is 9.47 Å². The third-order valence-corrected chi connectivity index (χ3v) is 4.88. The van der Waals surface area contributed by atoms with Crippen LogP contribution in [0.25, 0.3) is 11.1 Å². The molecule has 0 heterocycles. The summed E-state index contributed by atoms with van der Waals surface area (Å²) in [5.41, 5.74) is 1.83. The van der Waals surface area contributed by atoms with E-state index in [2.05, 4.69) is 16.1 Å². The van der Waals surface area contributed by atoms with Crippen LogP contribution >= 0.6 is 0 Å². The van der Waals surface area contributed by atoms with Gasteiger partial charge in [-0.1, -0.05) is 42.5 Å². The van der Waals surface area contributed by atoms with E-state index in [1.807, 2.05) is 24.3 Å². The maximum absolute atomic E-state index is 14.6. The maximum atomic E-state index is 14.6. The lowest BCUT2D eigenvalue weighted by Gasteiger charge is -2.20. The third kappa shape index (κ3) is 6.87. The van der Waals surface area contributed by atoms with Crippen LogP contribution in [-0.4, -0.2) is 6.11 Å². The number of aryl methyl sites for hydroxylation is 1. The van der Waals surface area contributed by atoms with Crippen molar-refractivity contribution in [3.05, 3.63) is 108 Å². The van der Waals surface area contributed by atoms with Crippen molar-refractivity contribution in [3.8, 4) is 22.6 Å². The van der Waals surface area contributed by atoms with E-state index in [0.717, 1.165) is 36.1 Å². The molecule has 0 aliphatic rings. The molecule has 0 bridgehead atoms. The van der Waals surface area contributed by atoms with E-state index in [9.17, 15) is 35.1 Å². The van der Waals surface area contributed by atoms with E-state index in [-0.39, 0.29) is 12.1 Å². The average Bonchev–Trinajstić information content (AvgIpc) is 2.79. The highest BCUT2D eigenvalue weighted by atomic mass is 19.3. The molecule has 0 N–H and O–H groups in total. The minimum Gasteiger partial charge on any atom is -0.429 e. The summed E-state index contributed by atoms with van der Waals surface area (Å²) in [4.78, 5) is 0. The van der Waals surface area contributed by atoms with Crippen LogP contribution < -0.4 is 9.47 Å². The van der Waals surface area contributed by atoms with E-state index in [0.29, 0.717) is 5.56 Å². The van der Waals surface area contributed by atoms with Crippen molar-refractivity contribution >= 4 is 0 Å². The van der Waals surface area contributed by atoms with E-state index >= 15 is 0 Å². The van der Waals surface area contributed by atoms with Crippen LogP contribution in [0, 0.1) is 11.6 Å². The van der Waals surface area contributed by atoms with Crippen LogP contribution in [0.5, 0.6) is 11.5 Å². The molecular weight excluding hydrogens is 496 g/mol. The molecule has 3 aromatic rings. The van der Waals surface area contributed by atoms with Gasteiger partial charge in [-0.05, 0) is 41.7 Å². The minimum atomic E-state index is -4.75. The summed E-state index contributed by atoms with van der Waals surface area (Å²) < 4.78 is 116. The molecular formula is C26H18F8O2. The topological polar surface area (TPSA) is 18.5 Å². The smallest absolute Gasteiger partial charge is 0.426 e. The number of halogens is 8. The molecule has 0 aliphatic carbocycles. The molecule has 0 unspecified atom stereocenters. The van der Waals surface area contributed by atoms with Gasteiger partial charge in [-0.15, -0.1) is 6.58 Å². The maximum Gasteiger partial charge on any atom is 0.426 e. The normalized spacial score (nSPS) is 11.7. The number of benzene rings is 3. The van der Waals surface area contributed by atoms with Gasteiger partial charge in [-0.3, -0.25) is 0 Å². The summed E-state index contributed by atoms with van der Waals surface area (Å²) in [6.07, 6.45) is -9.20. The summed E-state index contributed by atoms with van der Waals surface area (Å²) >= 11 is 0. The lowest BCUT2D eigenvalue weighted by molar-refractivity contribution is -0.185. The Balaban J connectivity index is 1.76. The van der Waals surface area contributed by atoms with Crippen LogP contribution in [0.15, 0.2) is 85.5 Å². The molecule has 0 aromatic heterocycles. The first kappa shape index (κ1) is 26.8. The zero-order valence-electron chi connectivity index (χ0n) is 18.4. The first-order valence-corrected chi connectivity index (χ1v) is 10.4. The molecule has 0 aliphatic heterocycles. The van der Waals surface area contributed by atoms with E-state index in [4.69, 9.17) is 0 Å². The molecule has 0 radical (unpaired) electrons. The van der Waals surface area contributed by atoms with Crippen molar-refractivity contribution in [3.63, 3.8) is 0 Å². The predicted octanol–water partition coefficient (Wildman–Crippen LogP) is 8.63. The van der Waals surface area contributed by atoms with Gasteiger partial charge in [0.2, 0.25) is 0 Å². The SMILES string of the molecule is C=CCCc1ccc(-c2ccc(C(F)(F)Oc3cc(F)c(OC(F)(F)C=C(F)F)c(F)c3)cc2)cc1. The Labute approximate surface area is 201 Å². The Morgan fingerprint density at radius 3 is 1.83 bits per heavy atom. The fourth-order valence-electron chi connectivity index (χ4n) is 3.18. The predicted molar refractivity (Wildman–Crippen MR) is 117 cm³/mol. The number of alkyl halides is 4. The van der Waals surface area contributed by atoms with Crippen molar-refractivity contribution in [1.29, 1.82) is 0 Å². The van der Waals surface area contributed by atoms with Crippen LogP contribution in [0.4, 0.5) is 35.1 Å². The van der Waals surface area contributed by atoms with Gasteiger partial charge in [0.15, 0.2) is 17.4 Å². The summed E-state index contributed by atoms with van der Waals surface area (Å²) in [5.74, 6) is -6.51. The van der Waals surface area contributed by atoms with Gasteiger partial charge in [0.25, 0.3) is 6.08 Å². The Bertz CT molecular complexity index is 1210. The summed E-state index contributed by atoms with van der Waals surface area (Å²) in [5, 5.41) is 0. The van der Waals surface area contributed by atoms with Crippen molar-refractivity contribution < 1.29 is 44.6 Å². The molecule has 3 aromatic carbocycles. The summed E-state index contributed by atoms with van der Waals surface area (Å²) in [6.45, 7) is 3.66. The van der Waals surface area contributed by atoms with Crippen LogP contribution in [0.3, 0.4) is 0 Å². The largest absolute Gasteiger partial charge is 0.429 e. The van der Waals surface area contributed by atoms with Gasteiger partial charge in [-0.2, -0.15) is 26.3 Å². The lowest BCUT2D eigenvalue weighted by Crippen LogP contribution is -2.24. The molecule has 0 saturated heterocycles. The van der Waals surface area contributed by atoms with Crippen molar-refractivity contribution in [2.24, 2.45) is 0 Å². The summed E-state index contributed by atoms with van der Waals surface area (Å²) in [7, 11) is 0. The highest BCUT2D eigenvalue weighted by molar-refractivity contribution is 5.64. The molecule has 0 atom stereocenters. The van der Waals surface area contributed by atoms with Gasteiger partial charge in [-0.25, -0.2) is 8.78 Å². The number of rotatable bonds is 10. The Morgan fingerprint density at radius 2 is 1.33 bits per heavy atom. The van der Waals surface area contributed by atoms with Crippen LogP contribution in [0.2, 0.25) is 0 Å². The fraction of sp³-hybridized carbons (Fsp3) is 0.154. The van der Waals surface area contributed by atoms with E-state index in [1.54, 1.807) is 6.08 Å². The molecule has 3 rings (SSSR count). The standard InChI is InChI=1S/C26H18F8O2/c1-2-3-4-16-5-7-17(8-6-16)18-9-11-19(12-10-18)26(33,34)35-20-13-21(27)24(22(28)14-20)36-25(31,32)15-23(29)30/h2,5-15H,1,3-4H2. The Hall–Kier alpha value is -3.82. The molecule has 190 valence electrons. The molecule has 36 heavy (non-hydrogen) atoms. The van der Waals surface area contributed by atoms with Crippen molar-refractivity contribution in [2.75, 3.05) is 0 Å². The molecule has 0 saturated carbocycles. The van der Waals surface area contributed by atoms with E-state index < -0.39 is 53.1 Å². The lowest BCUT2D eigenvalue weighted by atomic mass is 10.0. The first-order chi connectivity index (χ1) is 16.9. The van der Waals surface area contributed by atoms with Crippen molar-refractivity contribution in [1.82, 2.24) is 0 Å². The number of hydrogen-bond donors (Lipinski definition) is 0. The van der Waals surface area contributed by atoms with Gasteiger partial charge in [0.05, 0.1) is 11.6 Å². The van der Waals surface area contributed by atoms with Gasteiger partial charge in [0.1, 0.15) is 5.75 Å². The minimum absolute atomic E-state index is 0.167. The Kier molecular flexibility index (Phi) is 8.07. The number of ether oxygens (including phenoxy) is 2. The fourth-order valence-corrected chi connectivity index (χ4v) is 3.18. The van der Waals surface area contributed by atoms with Gasteiger partial charge in [0, 0.05) is 12.1 Å². The first-order valence-electron chi connectivity index (χ1n) is 10.4. The second kappa shape index (κ2) is 10.8. The van der Waals surface area contributed by atoms with Crippen molar-refractivity contribution in [2.45, 2.75) is 25.1 Å². The second-order valence-electron chi connectivity index (χ2n) is 7.53. The van der Waals surface area contributed by atoms with E-state index in [1.165, 1.54) is 12.1 Å². The summed E-state index contributed by atoms with van der Waals surface area (Å²) in [6, 6.07) is 12.7. The molecule has 0 fully saturated rings. The highest BCUT2D eigenvalue weighted by Crippen LogP contribution is 2.37. The second-order valence-corrected chi connectivity index (χ2v) is 7.53. The van der Waals surface area contributed by atoms with Crippen LogP contribution in [0.1, 0.15) is 17.5 Å². The third-order valence-electron chi connectivity index (χ3n) is 4.88.